The maximum absolute atomic E-state index is 12.6. The van der Waals surface area contributed by atoms with Gasteiger partial charge in [0.15, 0.2) is 0 Å². The fourth-order valence-electron chi connectivity index (χ4n) is 5.77. The van der Waals surface area contributed by atoms with Crippen LogP contribution in [0, 0.1) is 31.1 Å². The van der Waals surface area contributed by atoms with Gasteiger partial charge in [0.25, 0.3) is 11.4 Å². The van der Waals surface area contributed by atoms with Crippen LogP contribution in [0.5, 0.6) is 0 Å². The number of oxime groups is 2. The molecule has 13 heteroatoms. The highest BCUT2D eigenvalue weighted by molar-refractivity contribution is 6.02. The minimum atomic E-state index is -0.780. The highest BCUT2D eigenvalue weighted by atomic mass is 16.7. The van der Waals surface area contributed by atoms with E-state index < -0.39 is 21.9 Å². The third-order valence-corrected chi connectivity index (χ3v) is 7.23. The minimum Gasteiger partial charge on any atom is -0.318 e. The summed E-state index contributed by atoms with van der Waals surface area (Å²) in [5.74, 6) is -0.568. The zero-order valence-electron chi connectivity index (χ0n) is 24.3. The van der Waals surface area contributed by atoms with E-state index in [-0.39, 0.29) is 57.2 Å². The lowest BCUT2D eigenvalue weighted by atomic mass is 9.61. The molecule has 0 aromatic heterocycles. The number of rotatable bonds is 10. The van der Waals surface area contributed by atoms with Crippen molar-refractivity contribution in [3.8, 4) is 0 Å². The lowest BCUT2D eigenvalue weighted by molar-refractivity contribution is -0.385. The molecule has 224 valence electrons. The van der Waals surface area contributed by atoms with E-state index in [0.717, 1.165) is 6.42 Å². The van der Waals surface area contributed by atoms with Crippen LogP contribution in [0.4, 0.5) is 16.2 Å². The Morgan fingerprint density at radius 3 is 1.90 bits per heavy atom. The lowest BCUT2D eigenvalue weighted by Crippen LogP contribution is -2.47. The predicted molar refractivity (Wildman–Crippen MR) is 155 cm³/mol. The van der Waals surface area contributed by atoms with Crippen molar-refractivity contribution < 1.29 is 29.1 Å². The van der Waals surface area contributed by atoms with E-state index in [1.54, 1.807) is 18.2 Å². The van der Waals surface area contributed by atoms with Gasteiger partial charge in [-0.25, -0.2) is 9.59 Å². The zero-order chi connectivity index (χ0) is 31.1. The first-order chi connectivity index (χ1) is 19.7. The van der Waals surface area contributed by atoms with Gasteiger partial charge in [0.05, 0.1) is 32.4 Å². The molecule has 1 saturated carbocycles. The maximum Gasteiger partial charge on any atom is 0.433 e. The van der Waals surface area contributed by atoms with Crippen molar-refractivity contribution in [1.29, 1.82) is 0 Å². The van der Waals surface area contributed by atoms with Gasteiger partial charge < -0.3 is 10.2 Å². The average Bonchev–Trinajstić information content (AvgIpc) is 2.92. The molecule has 0 radical (unpaired) electrons. The molecule has 3 rings (SSSR count). The van der Waals surface area contributed by atoms with E-state index in [1.807, 2.05) is 6.92 Å². The Hall–Kier alpha value is -4.68. The molecule has 0 aliphatic heterocycles. The summed E-state index contributed by atoms with van der Waals surface area (Å²) in [6, 6.07) is 11.8. The second-order valence-electron chi connectivity index (χ2n) is 11.6. The van der Waals surface area contributed by atoms with Crippen LogP contribution in [0.3, 0.4) is 0 Å². The number of nitro groups is 2. The second-order valence-corrected chi connectivity index (χ2v) is 11.6. The van der Waals surface area contributed by atoms with Gasteiger partial charge in [0.1, 0.15) is 0 Å². The quantitative estimate of drug-likeness (QED) is 0.147. The van der Waals surface area contributed by atoms with Crippen LogP contribution in [0.15, 0.2) is 58.8 Å². The van der Waals surface area contributed by atoms with Gasteiger partial charge >= 0.3 is 12.1 Å². The molecule has 0 saturated heterocycles. The molecule has 0 bridgehead atoms. The largest absolute Gasteiger partial charge is 0.433 e. The van der Waals surface area contributed by atoms with Crippen molar-refractivity contribution in [3.05, 3.63) is 79.9 Å². The Balaban J connectivity index is 1.59. The molecule has 2 aromatic carbocycles. The van der Waals surface area contributed by atoms with Crippen molar-refractivity contribution in [3.63, 3.8) is 0 Å². The van der Waals surface area contributed by atoms with E-state index in [2.05, 4.69) is 29.5 Å². The zero-order valence-corrected chi connectivity index (χ0v) is 24.3. The molecule has 1 aliphatic carbocycles. The third kappa shape index (κ3) is 8.66. The molecule has 1 N–H and O–H groups in total. The molecular formula is C29H35N5O8. The summed E-state index contributed by atoms with van der Waals surface area (Å²) < 4.78 is 0. The molecule has 2 aromatic rings. The molecule has 1 fully saturated rings. The number of nitro benzene ring substituents is 2. The van der Waals surface area contributed by atoms with E-state index in [9.17, 15) is 29.8 Å². The number of carbonyl (C=O) groups is 2. The fourth-order valence-corrected chi connectivity index (χ4v) is 5.77. The van der Waals surface area contributed by atoms with Gasteiger partial charge in [-0.05, 0) is 62.5 Å². The van der Waals surface area contributed by atoms with Crippen molar-refractivity contribution in [2.24, 2.45) is 21.1 Å². The van der Waals surface area contributed by atoms with Crippen LogP contribution in [0.1, 0.15) is 77.8 Å². The number of nitrogens with zero attached hydrogens (tertiary/aromatic N) is 4. The van der Waals surface area contributed by atoms with Crippen LogP contribution < -0.4 is 5.32 Å². The third-order valence-electron chi connectivity index (χ3n) is 7.23. The SMILES string of the molecule is C/C(=N\OC(=O)CCC1(C)CC(NC(=O)O/N=C(\C)c2ccccc2[N+](=O)[O-])CC(C)(C)C1)c1ccccc1[N+](=O)[O-]. The molecule has 13 nitrogen and oxygen atoms in total. The van der Waals surface area contributed by atoms with Gasteiger partial charge in [-0.2, -0.15) is 0 Å². The standard InChI is InChI=1S/C29H35N5O8/c1-19(22-10-6-8-12-24(22)33(37)38)31-41-26(35)14-15-29(5)17-21(16-28(3,4)18-29)30-27(36)42-32-20(2)23-11-7-9-13-25(23)34(39)40/h6-13,21H,14-18H2,1-5H3,(H,30,36)/b31-19+,32-20+. The van der Waals surface area contributed by atoms with Crippen molar-refractivity contribution in [2.45, 2.75) is 72.8 Å². The number of hydrogen-bond donors (Lipinski definition) is 1. The molecule has 0 heterocycles. The maximum atomic E-state index is 12.6. The Labute approximate surface area is 243 Å². The monoisotopic (exact) mass is 581 g/mol. The first-order valence-electron chi connectivity index (χ1n) is 13.4. The summed E-state index contributed by atoms with van der Waals surface area (Å²) in [6.45, 7) is 9.25. The second kappa shape index (κ2) is 13.3. The normalized spacial score (nSPS) is 20.4. The number of para-hydroxylation sites is 2. The Morgan fingerprint density at radius 1 is 0.881 bits per heavy atom. The molecule has 1 amide bonds. The molecule has 2 atom stereocenters. The number of benzene rings is 2. The van der Waals surface area contributed by atoms with Gasteiger partial charge in [-0.15, -0.1) is 0 Å². The van der Waals surface area contributed by atoms with Gasteiger partial charge in [-0.1, -0.05) is 55.3 Å². The Bertz CT molecular complexity index is 1420. The smallest absolute Gasteiger partial charge is 0.318 e. The van der Waals surface area contributed by atoms with E-state index in [0.29, 0.717) is 19.3 Å². The molecular weight excluding hydrogens is 546 g/mol. The van der Waals surface area contributed by atoms with Gasteiger partial charge in [-0.3, -0.25) is 25.1 Å². The summed E-state index contributed by atoms with van der Waals surface area (Å²) in [7, 11) is 0. The lowest BCUT2D eigenvalue weighted by Gasteiger charge is -2.46. The minimum absolute atomic E-state index is 0.0662. The highest BCUT2D eigenvalue weighted by Gasteiger charge is 2.42. The van der Waals surface area contributed by atoms with Crippen molar-refractivity contribution in [1.82, 2.24) is 5.32 Å². The summed E-state index contributed by atoms with van der Waals surface area (Å²) in [4.78, 5) is 56.7. The predicted octanol–water partition coefficient (Wildman–Crippen LogP) is 6.29. The Morgan fingerprint density at radius 2 is 1.38 bits per heavy atom. The molecule has 0 spiro atoms. The van der Waals surface area contributed by atoms with E-state index >= 15 is 0 Å². The van der Waals surface area contributed by atoms with Crippen molar-refractivity contribution in [2.75, 3.05) is 0 Å². The summed E-state index contributed by atoms with van der Waals surface area (Å²) >= 11 is 0. The van der Waals surface area contributed by atoms with Crippen LogP contribution in [-0.4, -0.2) is 39.4 Å². The highest BCUT2D eigenvalue weighted by Crippen LogP contribution is 2.48. The van der Waals surface area contributed by atoms with Crippen LogP contribution in [0.25, 0.3) is 0 Å². The molecule has 42 heavy (non-hydrogen) atoms. The van der Waals surface area contributed by atoms with E-state index in [4.69, 9.17) is 9.68 Å². The summed E-state index contributed by atoms with van der Waals surface area (Å²) in [6.07, 6.45) is 1.80. The van der Waals surface area contributed by atoms with Crippen LogP contribution in [-0.2, 0) is 14.5 Å². The number of nitrogens with one attached hydrogen (secondary N) is 1. The molecule has 1 aliphatic rings. The van der Waals surface area contributed by atoms with Crippen LogP contribution in [0.2, 0.25) is 0 Å². The topological polar surface area (TPSA) is 176 Å². The van der Waals surface area contributed by atoms with Crippen LogP contribution >= 0.6 is 0 Å². The number of amides is 1. The van der Waals surface area contributed by atoms with Crippen molar-refractivity contribution >= 4 is 34.9 Å². The van der Waals surface area contributed by atoms with E-state index in [1.165, 1.54) is 44.2 Å². The number of hydrogen-bond acceptors (Lipinski definition) is 10. The Kier molecular flexibility index (Phi) is 10.1. The van der Waals surface area contributed by atoms with Gasteiger partial charge in [0.2, 0.25) is 0 Å². The number of carbonyl (C=O) groups excluding carboxylic acids is 2. The van der Waals surface area contributed by atoms with Gasteiger partial charge in [0, 0.05) is 24.6 Å². The average molecular weight is 582 g/mol. The summed E-state index contributed by atoms with van der Waals surface area (Å²) in [5, 5.41) is 33.0. The first-order valence-corrected chi connectivity index (χ1v) is 13.4. The first kappa shape index (κ1) is 31.8. The summed E-state index contributed by atoms with van der Waals surface area (Å²) in [5.41, 5.74) is 0.153. The molecule has 2 unspecified atom stereocenters. The fraction of sp³-hybridized carbons (Fsp3) is 0.448.